The summed E-state index contributed by atoms with van der Waals surface area (Å²) in [5.41, 5.74) is 5.27. The Hall–Kier alpha value is -2.63. The molecule has 3 heterocycles. The van der Waals surface area contributed by atoms with Crippen molar-refractivity contribution in [1.29, 1.82) is 0 Å². The Morgan fingerprint density at radius 1 is 1.00 bits per heavy atom. The highest BCUT2D eigenvalue weighted by atomic mass is 35.5. The molecule has 0 aliphatic heterocycles. The van der Waals surface area contributed by atoms with Gasteiger partial charge in [0.1, 0.15) is 10.7 Å². The maximum atomic E-state index is 12.5. The van der Waals surface area contributed by atoms with Gasteiger partial charge in [0.05, 0.1) is 29.2 Å². The highest BCUT2D eigenvalue weighted by molar-refractivity contribution is 6.41. The summed E-state index contributed by atoms with van der Waals surface area (Å²) >= 11 is 11.9. The van der Waals surface area contributed by atoms with Crippen LogP contribution in [0.3, 0.4) is 0 Å². The number of imidazole rings is 1. The first-order valence-corrected chi connectivity index (χ1v) is 9.15. The molecule has 0 spiro atoms. The lowest BCUT2D eigenvalue weighted by molar-refractivity contribution is 0.626. The molecule has 27 heavy (non-hydrogen) atoms. The molecule has 0 unspecified atom stereocenters. The zero-order valence-electron chi connectivity index (χ0n) is 14.8. The molecule has 136 valence electrons. The lowest BCUT2D eigenvalue weighted by Crippen LogP contribution is -2.24. The van der Waals surface area contributed by atoms with Gasteiger partial charge in [0.15, 0.2) is 0 Å². The summed E-state index contributed by atoms with van der Waals surface area (Å²) in [6.45, 7) is 4.28. The van der Waals surface area contributed by atoms with Crippen molar-refractivity contribution < 1.29 is 0 Å². The van der Waals surface area contributed by atoms with Crippen LogP contribution in [-0.4, -0.2) is 19.2 Å². The van der Waals surface area contributed by atoms with Crippen LogP contribution in [0.4, 0.5) is 0 Å². The summed E-state index contributed by atoms with van der Waals surface area (Å²) in [6.07, 6.45) is 3.38. The predicted octanol–water partition coefficient (Wildman–Crippen LogP) is 4.53. The number of aryl methyl sites for hydroxylation is 2. The Morgan fingerprint density at radius 3 is 2.44 bits per heavy atom. The van der Waals surface area contributed by atoms with Crippen LogP contribution in [0.25, 0.3) is 16.9 Å². The summed E-state index contributed by atoms with van der Waals surface area (Å²) in [5.74, 6) is 0. The van der Waals surface area contributed by atoms with E-state index in [1.165, 1.54) is 16.4 Å². The van der Waals surface area contributed by atoms with Gasteiger partial charge in [-0.25, -0.2) is 9.67 Å². The Bertz CT molecular complexity index is 1210. The Morgan fingerprint density at radius 2 is 1.70 bits per heavy atom. The predicted molar refractivity (Wildman–Crippen MR) is 108 cm³/mol. The molecule has 0 saturated heterocycles. The molecule has 0 N–H and O–H groups in total. The molecule has 7 heteroatoms. The molecule has 0 radical (unpaired) electrons. The van der Waals surface area contributed by atoms with Gasteiger partial charge in [-0.05, 0) is 25.5 Å². The van der Waals surface area contributed by atoms with E-state index >= 15 is 0 Å². The number of aromatic nitrogens is 4. The molecule has 0 amide bonds. The third-order valence-electron chi connectivity index (χ3n) is 4.43. The Balaban J connectivity index is 1.93. The van der Waals surface area contributed by atoms with Gasteiger partial charge in [-0.3, -0.25) is 4.79 Å². The molecule has 0 saturated carbocycles. The number of nitrogens with zero attached hydrogens (tertiary/aromatic N) is 4. The number of benzene rings is 1. The zero-order valence-corrected chi connectivity index (χ0v) is 16.3. The van der Waals surface area contributed by atoms with Gasteiger partial charge >= 0.3 is 0 Å². The molecular weight excluding hydrogens is 383 g/mol. The van der Waals surface area contributed by atoms with Crippen molar-refractivity contribution >= 4 is 28.8 Å². The largest absolute Gasteiger partial charge is 0.301 e. The molecule has 0 aliphatic carbocycles. The highest BCUT2D eigenvalue weighted by Gasteiger charge is 2.17. The molecule has 5 nitrogen and oxygen atoms in total. The van der Waals surface area contributed by atoms with Crippen molar-refractivity contribution in [1.82, 2.24) is 19.2 Å². The highest BCUT2D eigenvalue weighted by Crippen LogP contribution is 2.26. The second kappa shape index (κ2) is 6.83. The lowest BCUT2D eigenvalue weighted by atomic mass is 10.1. The lowest BCUT2D eigenvalue weighted by Gasteiger charge is -2.09. The number of pyridine rings is 1. The van der Waals surface area contributed by atoms with E-state index in [4.69, 9.17) is 28.2 Å². The average Bonchev–Trinajstić information content (AvgIpc) is 3.00. The van der Waals surface area contributed by atoms with Gasteiger partial charge in [-0.2, -0.15) is 5.10 Å². The molecule has 0 bridgehead atoms. The zero-order chi connectivity index (χ0) is 19.1. The third kappa shape index (κ3) is 3.24. The topological polar surface area (TPSA) is 52.2 Å². The van der Waals surface area contributed by atoms with E-state index in [1.54, 1.807) is 0 Å². The molecule has 0 aliphatic rings. The number of fused-ring (bicyclic) bond motifs is 1. The van der Waals surface area contributed by atoms with Crippen molar-refractivity contribution in [2.75, 3.05) is 0 Å². The number of hydrogen-bond acceptors (Lipinski definition) is 3. The van der Waals surface area contributed by atoms with E-state index in [9.17, 15) is 4.79 Å². The first kappa shape index (κ1) is 17.8. The second-order valence-electron chi connectivity index (χ2n) is 6.48. The molecule has 3 aromatic heterocycles. The second-order valence-corrected chi connectivity index (χ2v) is 7.26. The monoisotopic (exact) mass is 398 g/mol. The molecule has 4 aromatic rings. The van der Waals surface area contributed by atoms with Crippen molar-refractivity contribution in [3.63, 3.8) is 0 Å². The molecular formula is C20H16Cl2N4O. The van der Waals surface area contributed by atoms with E-state index in [1.807, 2.05) is 60.8 Å². The van der Waals surface area contributed by atoms with E-state index in [-0.39, 0.29) is 16.6 Å². The molecule has 4 rings (SSSR count). The van der Waals surface area contributed by atoms with Gasteiger partial charge in [0.25, 0.3) is 5.56 Å². The standard InChI is InChI=1S/C20H16Cl2N4O/c1-12-3-6-14(7-4-12)19-16(25-10-13(2)5-8-17(25)24-19)11-26-20(27)18(22)15(21)9-23-26/h3-10H,11H2,1-2H3. The summed E-state index contributed by atoms with van der Waals surface area (Å²) in [7, 11) is 0. The number of halogens is 2. The molecule has 0 fully saturated rings. The fourth-order valence-electron chi connectivity index (χ4n) is 2.99. The van der Waals surface area contributed by atoms with Crippen molar-refractivity contribution in [2.24, 2.45) is 0 Å². The molecule has 1 aromatic carbocycles. The van der Waals surface area contributed by atoms with E-state index in [0.717, 1.165) is 28.2 Å². The average molecular weight is 399 g/mol. The number of rotatable bonds is 3. The van der Waals surface area contributed by atoms with Gasteiger partial charge in [0.2, 0.25) is 0 Å². The van der Waals surface area contributed by atoms with Gasteiger partial charge in [0, 0.05) is 11.8 Å². The molecule has 0 atom stereocenters. The van der Waals surface area contributed by atoms with Crippen LogP contribution in [0.5, 0.6) is 0 Å². The van der Waals surface area contributed by atoms with Crippen molar-refractivity contribution in [3.8, 4) is 11.3 Å². The normalized spacial score (nSPS) is 11.3. The van der Waals surface area contributed by atoms with Crippen LogP contribution < -0.4 is 5.56 Å². The Kier molecular flexibility index (Phi) is 4.50. The van der Waals surface area contributed by atoms with Crippen LogP contribution in [-0.2, 0) is 6.54 Å². The minimum atomic E-state index is -0.429. The van der Waals surface area contributed by atoms with E-state index < -0.39 is 5.56 Å². The maximum Gasteiger partial charge on any atom is 0.287 e. The fourth-order valence-corrected chi connectivity index (χ4v) is 3.26. The van der Waals surface area contributed by atoms with E-state index in [0.29, 0.717) is 0 Å². The fraction of sp³-hybridized carbons (Fsp3) is 0.150. The Labute approximate surface area is 165 Å². The summed E-state index contributed by atoms with van der Waals surface area (Å²) in [6, 6.07) is 12.1. The van der Waals surface area contributed by atoms with Crippen LogP contribution in [0.2, 0.25) is 10.0 Å². The van der Waals surface area contributed by atoms with Crippen molar-refractivity contribution in [2.45, 2.75) is 20.4 Å². The quantitative estimate of drug-likeness (QED) is 0.509. The summed E-state index contributed by atoms with van der Waals surface area (Å²) in [4.78, 5) is 17.2. The number of hydrogen-bond donors (Lipinski definition) is 0. The first-order valence-electron chi connectivity index (χ1n) is 8.40. The minimum Gasteiger partial charge on any atom is -0.301 e. The minimum absolute atomic E-state index is 0.0337. The van der Waals surface area contributed by atoms with Crippen molar-refractivity contribution in [3.05, 3.63) is 86.0 Å². The van der Waals surface area contributed by atoms with Crippen LogP contribution in [0.15, 0.2) is 53.6 Å². The summed E-state index contributed by atoms with van der Waals surface area (Å²) < 4.78 is 3.29. The smallest absolute Gasteiger partial charge is 0.287 e. The first-order chi connectivity index (χ1) is 12.9. The third-order valence-corrected chi connectivity index (χ3v) is 5.18. The van der Waals surface area contributed by atoms with E-state index in [2.05, 4.69) is 5.10 Å². The van der Waals surface area contributed by atoms with Crippen LogP contribution >= 0.6 is 23.2 Å². The van der Waals surface area contributed by atoms with Crippen LogP contribution in [0.1, 0.15) is 16.8 Å². The summed E-state index contributed by atoms with van der Waals surface area (Å²) in [5, 5.41) is 4.25. The van der Waals surface area contributed by atoms with Crippen LogP contribution in [0, 0.1) is 13.8 Å². The van der Waals surface area contributed by atoms with Gasteiger partial charge in [-0.15, -0.1) is 0 Å². The maximum absolute atomic E-state index is 12.5. The van der Waals surface area contributed by atoms with Gasteiger partial charge in [-0.1, -0.05) is 59.1 Å². The van der Waals surface area contributed by atoms with Gasteiger partial charge < -0.3 is 4.40 Å². The SMILES string of the molecule is Cc1ccc(-c2nc3ccc(C)cn3c2Cn2ncc(Cl)c(Cl)c2=O)cc1.